The Labute approximate surface area is 58.9 Å². The molecule has 50 valence electrons. The average molecular weight is 128 g/mol. The van der Waals surface area contributed by atoms with E-state index in [0.29, 0.717) is 5.69 Å². The highest BCUT2D eigenvalue weighted by Crippen LogP contribution is 2.07. The molecule has 0 fully saturated rings. The van der Waals surface area contributed by atoms with E-state index in [1.165, 1.54) is 6.20 Å². The molecule has 0 amide bonds. The molecule has 0 saturated heterocycles. The predicted octanol–water partition coefficient (Wildman–Crippen LogP) is 0.939. The Balaban J connectivity index is 2.92. The lowest BCUT2D eigenvalue weighted by molar-refractivity contribution is 0.636. The molecule has 3 heteroatoms. The molecule has 3 nitrogen and oxygen atoms in total. The highest BCUT2D eigenvalue weighted by Gasteiger charge is 2.00. The highest BCUT2D eigenvalue weighted by molar-refractivity contribution is 4.96. The van der Waals surface area contributed by atoms with Crippen LogP contribution >= 0.6 is 0 Å². The van der Waals surface area contributed by atoms with Gasteiger partial charge in [-0.15, -0.1) is 0 Å². The van der Waals surface area contributed by atoms with Gasteiger partial charge in [0.25, 0.3) is 0 Å². The molecular weight excluding hydrogens is 114 g/mol. The number of rotatable bonds is 1. The Hall–Kier alpha value is -0.860. The van der Waals surface area contributed by atoms with Gasteiger partial charge in [-0.1, -0.05) is 13.8 Å². The largest absolute Gasteiger partial charge is 0.188 e. The Bertz CT molecular complexity index is 263. The standard InChI is InChI=1S/C6H11N3/c1-5(2)6-4-7-9(3)8-6/h4-5H,1-3H3/i3D3. The Morgan fingerprint density at radius 3 is 2.89 bits per heavy atom. The molecule has 1 aromatic rings. The lowest BCUT2D eigenvalue weighted by Crippen LogP contribution is -1.94. The summed E-state index contributed by atoms with van der Waals surface area (Å²) >= 11 is 0. The third kappa shape index (κ3) is 1.28. The molecule has 0 aliphatic carbocycles. The topological polar surface area (TPSA) is 30.7 Å². The van der Waals surface area contributed by atoms with Crippen molar-refractivity contribution >= 4 is 0 Å². The van der Waals surface area contributed by atoms with Crippen LogP contribution < -0.4 is 0 Å². The smallest absolute Gasteiger partial charge is 0.0852 e. The van der Waals surface area contributed by atoms with Crippen LogP contribution in [0.4, 0.5) is 0 Å². The Morgan fingerprint density at radius 1 is 1.78 bits per heavy atom. The second kappa shape index (κ2) is 2.17. The van der Waals surface area contributed by atoms with E-state index in [1.807, 2.05) is 13.8 Å². The summed E-state index contributed by atoms with van der Waals surface area (Å²) in [5.74, 6) is 0.209. The van der Waals surface area contributed by atoms with Gasteiger partial charge < -0.3 is 0 Å². The Kier molecular flexibility index (Phi) is 0.806. The van der Waals surface area contributed by atoms with Gasteiger partial charge in [0.2, 0.25) is 0 Å². The summed E-state index contributed by atoms with van der Waals surface area (Å²) in [4.78, 5) is 0.766. The van der Waals surface area contributed by atoms with Gasteiger partial charge >= 0.3 is 0 Å². The van der Waals surface area contributed by atoms with Gasteiger partial charge in [-0.3, -0.25) is 0 Å². The van der Waals surface area contributed by atoms with E-state index in [9.17, 15) is 0 Å². The molecule has 0 bridgehead atoms. The van der Waals surface area contributed by atoms with Gasteiger partial charge in [-0.05, 0) is 5.92 Å². The number of hydrogen-bond donors (Lipinski definition) is 0. The first kappa shape index (κ1) is 3.34. The maximum Gasteiger partial charge on any atom is 0.0852 e. The maximum atomic E-state index is 7.00. The summed E-state index contributed by atoms with van der Waals surface area (Å²) in [6.45, 7) is 1.62. The van der Waals surface area contributed by atoms with E-state index in [4.69, 9.17) is 4.11 Å². The molecule has 0 aliphatic heterocycles. The van der Waals surface area contributed by atoms with Gasteiger partial charge in [0.05, 0.1) is 11.9 Å². The molecule has 0 saturated carbocycles. The zero-order valence-corrected chi connectivity index (χ0v) is 5.50. The van der Waals surface area contributed by atoms with Crippen LogP contribution in [0.1, 0.15) is 29.6 Å². The molecule has 0 N–H and O–H groups in total. The van der Waals surface area contributed by atoms with Crippen molar-refractivity contribution in [1.82, 2.24) is 15.0 Å². The summed E-state index contributed by atoms with van der Waals surface area (Å²) in [6.07, 6.45) is 1.48. The van der Waals surface area contributed by atoms with E-state index in [1.54, 1.807) is 0 Å². The van der Waals surface area contributed by atoms with Crippen LogP contribution in [0.5, 0.6) is 0 Å². The third-order valence-electron chi connectivity index (χ3n) is 1.10. The molecule has 0 unspecified atom stereocenters. The first-order valence-electron chi connectivity index (χ1n) is 4.34. The fourth-order valence-electron chi connectivity index (χ4n) is 0.539. The van der Waals surface area contributed by atoms with Crippen LogP contribution in [0.15, 0.2) is 6.20 Å². The van der Waals surface area contributed by atoms with Gasteiger partial charge in [0.15, 0.2) is 0 Å². The van der Waals surface area contributed by atoms with Crippen LogP contribution in [0.25, 0.3) is 0 Å². The van der Waals surface area contributed by atoms with Crippen molar-refractivity contribution in [3.63, 3.8) is 0 Å². The van der Waals surface area contributed by atoms with Crippen molar-refractivity contribution in [1.29, 1.82) is 0 Å². The summed E-state index contributed by atoms with van der Waals surface area (Å²) in [6, 6.07) is 0. The zero-order valence-electron chi connectivity index (χ0n) is 8.50. The monoisotopic (exact) mass is 128 g/mol. The predicted molar refractivity (Wildman–Crippen MR) is 35.1 cm³/mol. The average Bonchev–Trinajstić information content (AvgIpc) is 2.30. The van der Waals surface area contributed by atoms with Crippen molar-refractivity contribution in [2.24, 2.45) is 6.98 Å². The van der Waals surface area contributed by atoms with Crippen LogP contribution in [0, 0.1) is 0 Å². The van der Waals surface area contributed by atoms with Crippen molar-refractivity contribution in [2.75, 3.05) is 0 Å². The van der Waals surface area contributed by atoms with E-state index < -0.39 is 6.98 Å². The second-order valence-electron chi connectivity index (χ2n) is 2.21. The molecular formula is C6H11N3. The lowest BCUT2D eigenvalue weighted by Gasteiger charge is -1.93. The van der Waals surface area contributed by atoms with Crippen molar-refractivity contribution in [2.45, 2.75) is 19.8 Å². The fraction of sp³-hybridized carbons (Fsp3) is 0.667. The van der Waals surface area contributed by atoms with Crippen LogP contribution in [0.2, 0.25) is 0 Å². The lowest BCUT2D eigenvalue weighted by atomic mass is 10.2. The molecule has 9 heavy (non-hydrogen) atoms. The van der Waals surface area contributed by atoms with Crippen molar-refractivity contribution in [3.8, 4) is 0 Å². The van der Waals surface area contributed by atoms with Gasteiger partial charge in [0.1, 0.15) is 0 Å². The summed E-state index contributed by atoms with van der Waals surface area (Å²) in [5, 5.41) is 7.48. The van der Waals surface area contributed by atoms with Crippen molar-refractivity contribution in [3.05, 3.63) is 11.9 Å². The molecule has 0 spiro atoms. The SMILES string of the molecule is [2H]C([2H])([2H])n1ncc(C(C)C)n1. The summed E-state index contributed by atoms with van der Waals surface area (Å²) in [7, 11) is 0. The summed E-state index contributed by atoms with van der Waals surface area (Å²) in [5.41, 5.74) is 0.700. The van der Waals surface area contributed by atoms with Crippen LogP contribution in [-0.4, -0.2) is 15.0 Å². The molecule has 0 radical (unpaired) electrons. The highest BCUT2D eigenvalue weighted by atomic mass is 15.4. The fourth-order valence-corrected chi connectivity index (χ4v) is 0.539. The van der Waals surface area contributed by atoms with Gasteiger partial charge in [0, 0.05) is 11.1 Å². The zero-order chi connectivity index (χ0) is 9.35. The number of aryl methyl sites for hydroxylation is 1. The number of nitrogens with zero attached hydrogens (tertiary/aromatic N) is 3. The normalized spacial score (nSPS) is 17.0. The molecule has 1 heterocycles. The second-order valence-corrected chi connectivity index (χ2v) is 2.21. The first-order valence-corrected chi connectivity index (χ1v) is 2.84. The summed E-state index contributed by atoms with van der Waals surface area (Å²) < 4.78 is 21.0. The minimum Gasteiger partial charge on any atom is -0.188 e. The Morgan fingerprint density at radius 2 is 2.56 bits per heavy atom. The van der Waals surface area contributed by atoms with E-state index >= 15 is 0 Å². The molecule has 1 aromatic heterocycles. The van der Waals surface area contributed by atoms with E-state index in [-0.39, 0.29) is 5.92 Å². The van der Waals surface area contributed by atoms with Crippen LogP contribution in [0.3, 0.4) is 0 Å². The molecule has 0 aromatic carbocycles. The van der Waals surface area contributed by atoms with Crippen molar-refractivity contribution < 1.29 is 4.11 Å². The van der Waals surface area contributed by atoms with Crippen LogP contribution in [-0.2, 0) is 6.98 Å². The first-order chi connectivity index (χ1) is 5.41. The number of hydrogen-bond acceptors (Lipinski definition) is 2. The van der Waals surface area contributed by atoms with E-state index in [0.717, 1.165) is 4.80 Å². The molecule has 0 atom stereocenters. The third-order valence-corrected chi connectivity index (χ3v) is 1.10. The maximum absolute atomic E-state index is 7.00. The molecule has 1 rings (SSSR count). The van der Waals surface area contributed by atoms with E-state index in [2.05, 4.69) is 10.2 Å². The minimum absolute atomic E-state index is 0.209. The quantitative estimate of drug-likeness (QED) is 0.563. The molecule has 0 aliphatic rings. The van der Waals surface area contributed by atoms with Gasteiger partial charge in [-0.25, -0.2) is 0 Å². The minimum atomic E-state index is -2.26. The van der Waals surface area contributed by atoms with Gasteiger partial charge in [-0.2, -0.15) is 15.0 Å². The number of aromatic nitrogens is 3.